The second kappa shape index (κ2) is 5.48. The highest BCUT2D eigenvalue weighted by Crippen LogP contribution is 2.30. The zero-order valence-corrected chi connectivity index (χ0v) is 12.9. The number of benzene rings is 1. The van der Waals surface area contributed by atoms with Gasteiger partial charge in [-0.15, -0.1) is 11.3 Å². The summed E-state index contributed by atoms with van der Waals surface area (Å²) in [6.07, 6.45) is 0.432. The van der Waals surface area contributed by atoms with E-state index in [1.807, 2.05) is 30.3 Å². The molecular weight excluding hydrogens is 276 g/mol. The van der Waals surface area contributed by atoms with Crippen molar-refractivity contribution in [3.05, 3.63) is 56.7 Å². The molecule has 0 amide bonds. The predicted molar refractivity (Wildman–Crippen MR) is 82.5 cm³/mol. The standard InChI is InChI=1S/C16H17ClOS/c1-16(2,3)15-9-8-14(19-15)13(18)10-11-4-6-12(17)7-5-11/h4-9H,10H2,1-3H3. The first kappa shape index (κ1) is 14.3. The number of hydrogen-bond donors (Lipinski definition) is 0. The third-order valence-corrected chi connectivity index (χ3v) is 4.70. The summed E-state index contributed by atoms with van der Waals surface area (Å²) in [5, 5.41) is 0.697. The van der Waals surface area contributed by atoms with Gasteiger partial charge in [0.25, 0.3) is 0 Å². The van der Waals surface area contributed by atoms with Crippen LogP contribution in [0.15, 0.2) is 36.4 Å². The summed E-state index contributed by atoms with van der Waals surface area (Å²) in [5.41, 5.74) is 1.10. The second-order valence-corrected chi connectivity index (χ2v) is 7.16. The SMILES string of the molecule is CC(C)(C)c1ccc(C(=O)Cc2ccc(Cl)cc2)s1. The van der Waals surface area contributed by atoms with Gasteiger partial charge in [-0.05, 0) is 35.2 Å². The summed E-state index contributed by atoms with van der Waals surface area (Å²) >= 11 is 7.43. The molecule has 100 valence electrons. The molecule has 0 N–H and O–H groups in total. The van der Waals surface area contributed by atoms with Gasteiger partial charge in [0, 0.05) is 16.3 Å². The van der Waals surface area contributed by atoms with Crippen molar-refractivity contribution in [2.75, 3.05) is 0 Å². The van der Waals surface area contributed by atoms with Crippen LogP contribution in [0, 0.1) is 0 Å². The summed E-state index contributed by atoms with van der Waals surface area (Å²) in [6.45, 7) is 6.48. The van der Waals surface area contributed by atoms with Crippen LogP contribution in [0.2, 0.25) is 5.02 Å². The van der Waals surface area contributed by atoms with E-state index in [0.717, 1.165) is 10.4 Å². The lowest BCUT2D eigenvalue weighted by Gasteiger charge is -2.15. The zero-order chi connectivity index (χ0) is 14.0. The second-order valence-electron chi connectivity index (χ2n) is 5.64. The van der Waals surface area contributed by atoms with Crippen LogP contribution in [-0.4, -0.2) is 5.78 Å². The average Bonchev–Trinajstić information content (AvgIpc) is 2.81. The topological polar surface area (TPSA) is 17.1 Å². The number of halogens is 1. The smallest absolute Gasteiger partial charge is 0.177 e. The van der Waals surface area contributed by atoms with E-state index in [-0.39, 0.29) is 11.2 Å². The Hall–Kier alpha value is -1.12. The minimum atomic E-state index is 0.101. The molecule has 19 heavy (non-hydrogen) atoms. The molecule has 0 aliphatic carbocycles. The van der Waals surface area contributed by atoms with Crippen molar-refractivity contribution < 1.29 is 4.79 Å². The molecule has 1 heterocycles. The molecule has 0 aliphatic rings. The normalized spacial score (nSPS) is 11.6. The molecule has 2 aromatic rings. The quantitative estimate of drug-likeness (QED) is 0.717. The highest BCUT2D eigenvalue weighted by Gasteiger charge is 2.18. The molecule has 0 aliphatic heterocycles. The van der Waals surface area contributed by atoms with Crippen LogP contribution in [-0.2, 0) is 11.8 Å². The molecular formula is C16H17ClOS. The molecule has 0 atom stereocenters. The molecule has 1 nitrogen and oxygen atoms in total. The van der Waals surface area contributed by atoms with Gasteiger partial charge >= 0.3 is 0 Å². The zero-order valence-electron chi connectivity index (χ0n) is 11.4. The maximum absolute atomic E-state index is 12.2. The van der Waals surface area contributed by atoms with E-state index in [1.165, 1.54) is 4.88 Å². The van der Waals surface area contributed by atoms with Gasteiger partial charge in [-0.2, -0.15) is 0 Å². The van der Waals surface area contributed by atoms with Crippen LogP contribution < -0.4 is 0 Å². The van der Waals surface area contributed by atoms with Crippen molar-refractivity contribution in [2.24, 2.45) is 0 Å². The van der Waals surface area contributed by atoms with Gasteiger partial charge in [-0.25, -0.2) is 0 Å². The first-order valence-corrected chi connectivity index (χ1v) is 7.43. The molecule has 0 bridgehead atoms. The number of hydrogen-bond acceptors (Lipinski definition) is 2. The maximum atomic E-state index is 12.2. The highest BCUT2D eigenvalue weighted by atomic mass is 35.5. The summed E-state index contributed by atoms with van der Waals surface area (Å²) in [6, 6.07) is 11.4. The lowest BCUT2D eigenvalue weighted by atomic mass is 9.95. The van der Waals surface area contributed by atoms with Gasteiger partial charge < -0.3 is 0 Å². The molecule has 0 spiro atoms. The van der Waals surface area contributed by atoms with Crippen molar-refractivity contribution >= 4 is 28.7 Å². The molecule has 0 saturated carbocycles. The van der Waals surface area contributed by atoms with Gasteiger partial charge in [-0.3, -0.25) is 4.79 Å². The molecule has 0 saturated heterocycles. The number of carbonyl (C=O) groups excluding carboxylic acids is 1. The Morgan fingerprint density at radius 2 is 1.74 bits per heavy atom. The van der Waals surface area contributed by atoms with Crippen LogP contribution in [0.4, 0.5) is 0 Å². The van der Waals surface area contributed by atoms with Crippen molar-refractivity contribution in [1.82, 2.24) is 0 Å². The Morgan fingerprint density at radius 3 is 2.26 bits per heavy atom. The summed E-state index contributed by atoms with van der Waals surface area (Å²) in [4.78, 5) is 14.3. The van der Waals surface area contributed by atoms with Crippen molar-refractivity contribution in [2.45, 2.75) is 32.6 Å². The third kappa shape index (κ3) is 3.68. The minimum Gasteiger partial charge on any atom is -0.293 e. The number of carbonyl (C=O) groups is 1. The van der Waals surface area contributed by atoms with Gasteiger partial charge in [-0.1, -0.05) is 44.5 Å². The molecule has 0 radical (unpaired) electrons. The Morgan fingerprint density at radius 1 is 1.11 bits per heavy atom. The monoisotopic (exact) mass is 292 g/mol. The number of ketones is 1. The third-order valence-electron chi connectivity index (χ3n) is 2.90. The fraction of sp³-hybridized carbons (Fsp3) is 0.312. The minimum absolute atomic E-state index is 0.101. The van der Waals surface area contributed by atoms with E-state index in [2.05, 4.69) is 26.8 Å². The van der Waals surface area contributed by atoms with E-state index in [1.54, 1.807) is 11.3 Å². The molecule has 1 aromatic heterocycles. The van der Waals surface area contributed by atoms with Crippen LogP contribution in [0.1, 0.15) is 40.9 Å². The van der Waals surface area contributed by atoms with Crippen molar-refractivity contribution in [3.63, 3.8) is 0 Å². The Kier molecular flexibility index (Phi) is 4.12. The van der Waals surface area contributed by atoms with Gasteiger partial charge in [0.1, 0.15) is 0 Å². The summed E-state index contributed by atoms with van der Waals surface area (Å²) < 4.78 is 0. The lowest BCUT2D eigenvalue weighted by molar-refractivity contribution is 0.0997. The van der Waals surface area contributed by atoms with Crippen LogP contribution in [0.25, 0.3) is 0 Å². The Labute approximate surface area is 123 Å². The lowest BCUT2D eigenvalue weighted by Crippen LogP contribution is -2.08. The number of rotatable bonds is 3. The number of thiophene rings is 1. The maximum Gasteiger partial charge on any atom is 0.177 e. The molecule has 0 unspecified atom stereocenters. The first-order chi connectivity index (χ1) is 8.86. The van der Waals surface area contributed by atoms with E-state index in [4.69, 9.17) is 11.6 Å². The van der Waals surface area contributed by atoms with E-state index in [9.17, 15) is 4.79 Å². The van der Waals surface area contributed by atoms with Crippen LogP contribution >= 0.6 is 22.9 Å². The summed E-state index contributed by atoms with van der Waals surface area (Å²) in [7, 11) is 0. The predicted octanol–water partition coefficient (Wildman–Crippen LogP) is 5.12. The Balaban J connectivity index is 2.12. The Bertz CT molecular complexity index is 576. The summed E-state index contributed by atoms with van der Waals surface area (Å²) in [5.74, 6) is 0.169. The fourth-order valence-electron chi connectivity index (χ4n) is 1.77. The largest absolute Gasteiger partial charge is 0.293 e. The average molecular weight is 293 g/mol. The van der Waals surface area contributed by atoms with Crippen LogP contribution in [0.3, 0.4) is 0 Å². The molecule has 0 fully saturated rings. The van der Waals surface area contributed by atoms with Gasteiger partial charge in [0.2, 0.25) is 0 Å². The van der Waals surface area contributed by atoms with Gasteiger partial charge in [0.15, 0.2) is 5.78 Å². The van der Waals surface area contributed by atoms with Crippen molar-refractivity contribution in [3.8, 4) is 0 Å². The molecule has 3 heteroatoms. The first-order valence-electron chi connectivity index (χ1n) is 6.24. The van der Waals surface area contributed by atoms with Gasteiger partial charge in [0.05, 0.1) is 4.88 Å². The number of Topliss-reactive ketones (excluding diaryl/α,β-unsaturated/α-hetero) is 1. The van der Waals surface area contributed by atoms with E-state index < -0.39 is 0 Å². The fourth-order valence-corrected chi connectivity index (χ4v) is 2.89. The van der Waals surface area contributed by atoms with E-state index >= 15 is 0 Å². The highest BCUT2D eigenvalue weighted by molar-refractivity contribution is 7.14. The molecule has 2 rings (SSSR count). The van der Waals surface area contributed by atoms with Crippen molar-refractivity contribution in [1.29, 1.82) is 0 Å². The van der Waals surface area contributed by atoms with E-state index in [0.29, 0.717) is 11.4 Å². The van der Waals surface area contributed by atoms with Crippen LogP contribution in [0.5, 0.6) is 0 Å². The molecule has 1 aromatic carbocycles.